The molecule has 1 aliphatic rings. The third kappa shape index (κ3) is 6.37. The van der Waals surface area contributed by atoms with Crippen LogP contribution in [0.2, 0.25) is 0 Å². The van der Waals surface area contributed by atoms with E-state index in [1.54, 1.807) is 0 Å². The minimum absolute atomic E-state index is 0. The summed E-state index contributed by atoms with van der Waals surface area (Å²) in [6, 6.07) is 9.72. The zero-order valence-electron chi connectivity index (χ0n) is 13.6. The first-order valence-corrected chi connectivity index (χ1v) is 7.96. The lowest BCUT2D eigenvalue weighted by Gasteiger charge is -2.37. The lowest BCUT2D eigenvalue weighted by atomic mass is 9.92. The Bertz CT molecular complexity index is 458. The van der Waals surface area contributed by atoms with Gasteiger partial charge in [-0.2, -0.15) is 0 Å². The monoisotopic (exact) mass is 342 g/mol. The van der Waals surface area contributed by atoms with Gasteiger partial charge in [-0.05, 0) is 30.9 Å². The molecule has 130 valence electrons. The Morgan fingerprint density at radius 1 is 1.30 bits per heavy atom. The van der Waals surface area contributed by atoms with Gasteiger partial charge < -0.3 is 20.1 Å². The van der Waals surface area contributed by atoms with Gasteiger partial charge in [-0.1, -0.05) is 25.1 Å². The molecular weight excluding hydrogens is 316 g/mol. The predicted molar refractivity (Wildman–Crippen MR) is 93.0 cm³/mol. The van der Waals surface area contributed by atoms with E-state index < -0.39 is 0 Å². The fourth-order valence-corrected chi connectivity index (χ4v) is 2.78. The average molecular weight is 343 g/mol. The highest BCUT2D eigenvalue weighted by atomic mass is 35.5. The van der Waals surface area contributed by atoms with Crippen molar-refractivity contribution in [2.45, 2.75) is 25.8 Å². The molecule has 2 unspecified atom stereocenters. The number of piperidine rings is 1. The van der Waals surface area contributed by atoms with Gasteiger partial charge >= 0.3 is 0 Å². The third-order valence-corrected chi connectivity index (χ3v) is 4.04. The number of hydrogen-bond donors (Lipinski definition) is 1. The maximum atomic E-state index is 12.2. The fourth-order valence-electron chi connectivity index (χ4n) is 2.78. The van der Waals surface area contributed by atoms with Gasteiger partial charge in [0.1, 0.15) is 19.0 Å². The van der Waals surface area contributed by atoms with Crippen LogP contribution >= 0.6 is 12.4 Å². The van der Waals surface area contributed by atoms with Crippen LogP contribution < -0.4 is 10.5 Å². The molecule has 0 spiro atoms. The molecule has 5 nitrogen and oxygen atoms in total. The molecule has 2 atom stereocenters. The molecule has 0 aliphatic carbocycles. The molecular formula is C17H27ClN2O3. The summed E-state index contributed by atoms with van der Waals surface area (Å²) in [6.07, 6.45) is 2.03. The van der Waals surface area contributed by atoms with Gasteiger partial charge in [-0.3, -0.25) is 4.79 Å². The number of nitrogens with two attached hydrogens (primary N) is 1. The largest absolute Gasteiger partial charge is 0.491 e. The number of carbonyl (C=O) groups excluding carboxylic acids is 1. The van der Waals surface area contributed by atoms with E-state index in [9.17, 15) is 4.79 Å². The number of carbonyl (C=O) groups is 1. The van der Waals surface area contributed by atoms with E-state index in [1.807, 2.05) is 35.2 Å². The molecule has 1 amide bonds. The standard InChI is InChI=1S/C17H26N2O3.ClH/c1-14-7-8-19(15(11-14)12-18)17(20)13-21-9-10-22-16-5-3-2-4-6-16;/h2-6,14-15H,7-13,18H2,1H3;1H. The quantitative estimate of drug-likeness (QED) is 0.771. The zero-order chi connectivity index (χ0) is 15.8. The summed E-state index contributed by atoms with van der Waals surface area (Å²) < 4.78 is 11.0. The van der Waals surface area contributed by atoms with Crippen molar-refractivity contribution in [2.75, 3.05) is 32.9 Å². The number of ether oxygens (including phenoxy) is 2. The molecule has 0 saturated carbocycles. The Labute approximate surface area is 144 Å². The first-order chi connectivity index (χ1) is 10.7. The van der Waals surface area contributed by atoms with Crippen LogP contribution in [0.5, 0.6) is 5.75 Å². The number of hydrogen-bond acceptors (Lipinski definition) is 4. The summed E-state index contributed by atoms with van der Waals surface area (Å²) in [5, 5.41) is 0. The lowest BCUT2D eigenvalue weighted by molar-refractivity contribution is -0.140. The molecule has 0 bridgehead atoms. The van der Waals surface area contributed by atoms with Gasteiger partial charge in [0.25, 0.3) is 0 Å². The molecule has 1 heterocycles. The molecule has 23 heavy (non-hydrogen) atoms. The van der Waals surface area contributed by atoms with E-state index in [0.29, 0.717) is 25.7 Å². The SMILES string of the molecule is CC1CCN(C(=O)COCCOc2ccccc2)C(CN)C1.Cl. The summed E-state index contributed by atoms with van der Waals surface area (Å²) in [5.74, 6) is 1.48. The van der Waals surface area contributed by atoms with Crippen LogP contribution in [0, 0.1) is 5.92 Å². The lowest BCUT2D eigenvalue weighted by Crippen LogP contribution is -2.50. The molecule has 1 aromatic carbocycles. The second kappa shape index (κ2) is 10.5. The second-order valence-corrected chi connectivity index (χ2v) is 5.82. The molecule has 1 fully saturated rings. The van der Waals surface area contributed by atoms with Crippen molar-refractivity contribution in [2.24, 2.45) is 11.7 Å². The molecule has 1 aromatic rings. The maximum absolute atomic E-state index is 12.2. The van der Waals surface area contributed by atoms with Crippen molar-refractivity contribution in [1.29, 1.82) is 0 Å². The van der Waals surface area contributed by atoms with Gasteiger partial charge in [-0.25, -0.2) is 0 Å². The summed E-state index contributed by atoms with van der Waals surface area (Å²) in [4.78, 5) is 14.1. The topological polar surface area (TPSA) is 64.8 Å². The number of amides is 1. The molecule has 2 rings (SSSR count). The van der Waals surface area contributed by atoms with E-state index in [1.165, 1.54) is 0 Å². The highest BCUT2D eigenvalue weighted by Gasteiger charge is 2.28. The smallest absolute Gasteiger partial charge is 0.248 e. The van der Waals surface area contributed by atoms with Crippen molar-refractivity contribution in [3.63, 3.8) is 0 Å². The van der Waals surface area contributed by atoms with Crippen molar-refractivity contribution in [3.8, 4) is 5.75 Å². The van der Waals surface area contributed by atoms with Crippen LogP contribution in [0.3, 0.4) is 0 Å². The summed E-state index contributed by atoms with van der Waals surface area (Å²) in [7, 11) is 0. The number of rotatable bonds is 7. The van der Waals surface area contributed by atoms with Gasteiger partial charge in [0.2, 0.25) is 5.91 Å². The Morgan fingerprint density at radius 3 is 2.74 bits per heavy atom. The Balaban J connectivity index is 0.00000264. The molecule has 2 N–H and O–H groups in total. The summed E-state index contributed by atoms with van der Waals surface area (Å²) in [6.45, 7) is 4.46. The Kier molecular flexibility index (Phi) is 8.99. The highest BCUT2D eigenvalue weighted by Crippen LogP contribution is 2.21. The van der Waals surface area contributed by atoms with Gasteiger partial charge in [0.05, 0.1) is 6.61 Å². The normalized spacial score (nSPS) is 20.7. The minimum Gasteiger partial charge on any atom is -0.491 e. The van der Waals surface area contributed by atoms with Crippen LogP contribution in [0.1, 0.15) is 19.8 Å². The first-order valence-electron chi connectivity index (χ1n) is 7.96. The summed E-state index contributed by atoms with van der Waals surface area (Å²) in [5.41, 5.74) is 5.78. The predicted octanol–water partition coefficient (Wildman–Crippen LogP) is 2.09. The van der Waals surface area contributed by atoms with Gasteiger partial charge in [0, 0.05) is 19.1 Å². The Hall–Kier alpha value is -1.30. The Morgan fingerprint density at radius 2 is 2.04 bits per heavy atom. The van der Waals surface area contributed by atoms with Crippen molar-refractivity contribution < 1.29 is 14.3 Å². The molecule has 1 aliphatic heterocycles. The number of benzene rings is 1. The zero-order valence-corrected chi connectivity index (χ0v) is 14.5. The van der Waals surface area contributed by atoms with Gasteiger partial charge in [-0.15, -0.1) is 12.4 Å². The number of halogens is 1. The van der Waals surface area contributed by atoms with Crippen LogP contribution in [-0.4, -0.2) is 49.8 Å². The van der Waals surface area contributed by atoms with E-state index in [4.69, 9.17) is 15.2 Å². The maximum Gasteiger partial charge on any atom is 0.248 e. The number of nitrogens with zero attached hydrogens (tertiary/aromatic N) is 1. The van der Waals surface area contributed by atoms with Crippen LogP contribution in [0.4, 0.5) is 0 Å². The van der Waals surface area contributed by atoms with Crippen LogP contribution in [0.25, 0.3) is 0 Å². The molecule has 0 aromatic heterocycles. The van der Waals surface area contributed by atoms with Gasteiger partial charge in [0.15, 0.2) is 0 Å². The highest BCUT2D eigenvalue weighted by molar-refractivity contribution is 5.85. The minimum atomic E-state index is 0. The van der Waals surface area contributed by atoms with Crippen molar-refractivity contribution in [3.05, 3.63) is 30.3 Å². The van der Waals surface area contributed by atoms with Crippen LogP contribution in [-0.2, 0) is 9.53 Å². The van der Waals surface area contributed by atoms with Crippen molar-refractivity contribution >= 4 is 18.3 Å². The van der Waals surface area contributed by atoms with E-state index >= 15 is 0 Å². The molecule has 0 radical (unpaired) electrons. The van der Waals surface area contributed by atoms with Crippen molar-refractivity contribution in [1.82, 2.24) is 4.90 Å². The summed E-state index contributed by atoms with van der Waals surface area (Å²) >= 11 is 0. The van der Waals surface area contributed by atoms with Crippen LogP contribution in [0.15, 0.2) is 30.3 Å². The average Bonchev–Trinajstić information content (AvgIpc) is 2.55. The van der Waals surface area contributed by atoms with E-state index in [0.717, 1.165) is 25.1 Å². The second-order valence-electron chi connectivity index (χ2n) is 5.82. The number of likely N-dealkylation sites (tertiary alicyclic amines) is 1. The van der Waals surface area contributed by atoms with E-state index in [-0.39, 0.29) is 31.0 Å². The molecule has 6 heteroatoms. The molecule has 1 saturated heterocycles. The third-order valence-electron chi connectivity index (χ3n) is 4.04. The number of para-hydroxylation sites is 1. The first kappa shape index (κ1) is 19.7. The van der Waals surface area contributed by atoms with E-state index in [2.05, 4.69) is 6.92 Å². The fraction of sp³-hybridized carbons (Fsp3) is 0.588.